The Morgan fingerprint density at radius 3 is 2.12 bits per heavy atom. The van der Waals surface area contributed by atoms with E-state index in [0.29, 0.717) is 32.8 Å². The average molecular weight is 344 g/mol. The average Bonchev–Trinajstić information content (AvgIpc) is 2.59. The lowest BCUT2D eigenvalue weighted by atomic mass is 10.1. The highest BCUT2D eigenvalue weighted by Gasteiger charge is 2.00. The molecule has 0 atom stereocenters. The molecular formula is C18H36N2O4. The van der Waals surface area contributed by atoms with Crippen LogP contribution in [0.5, 0.6) is 0 Å². The molecule has 6 nitrogen and oxygen atoms in total. The fraction of sp³-hybridized carbons (Fsp3) is 0.889. The Hall–Kier alpha value is -1.14. The van der Waals surface area contributed by atoms with Gasteiger partial charge in [0.05, 0.1) is 19.8 Å². The Labute approximate surface area is 147 Å². The van der Waals surface area contributed by atoms with Crippen LogP contribution in [0.15, 0.2) is 0 Å². The third kappa shape index (κ3) is 18.9. The molecule has 0 rings (SSSR count). The first-order valence-electron chi connectivity index (χ1n) is 9.40. The lowest BCUT2D eigenvalue weighted by molar-refractivity contribution is -0.126. The number of unbranched alkanes of at least 4 members (excludes halogenated alkanes) is 8. The predicted octanol–water partition coefficient (Wildman–Crippen LogP) is 2.41. The highest BCUT2D eigenvalue weighted by atomic mass is 16.5. The summed E-state index contributed by atoms with van der Waals surface area (Å²) in [6.07, 6.45) is 12.1. The Balaban J connectivity index is 3.14. The first-order chi connectivity index (χ1) is 11.8. The van der Waals surface area contributed by atoms with Gasteiger partial charge in [0.1, 0.15) is 6.61 Å². The fourth-order valence-corrected chi connectivity index (χ4v) is 2.29. The van der Waals surface area contributed by atoms with Crippen LogP contribution in [-0.2, 0) is 19.1 Å². The molecule has 24 heavy (non-hydrogen) atoms. The monoisotopic (exact) mass is 344 g/mol. The van der Waals surface area contributed by atoms with Crippen molar-refractivity contribution in [3.63, 3.8) is 0 Å². The zero-order valence-corrected chi connectivity index (χ0v) is 15.3. The minimum absolute atomic E-state index is 0.0720. The Morgan fingerprint density at radius 2 is 1.46 bits per heavy atom. The largest absolute Gasteiger partial charge is 0.377 e. The molecule has 0 saturated carbocycles. The second-order valence-electron chi connectivity index (χ2n) is 5.92. The minimum atomic E-state index is -0.0720. The van der Waals surface area contributed by atoms with Gasteiger partial charge in [-0.1, -0.05) is 58.3 Å². The van der Waals surface area contributed by atoms with Gasteiger partial charge in [0, 0.05) is 13.1 Å². The van der Waals surface area contributed by atoms with E-state index in [1.54, 1.807) is 0 Å². The summed E-state index contributed by atoms with van der Waals surface area (Å²) < 4.78 is 10.4. The van der Waals surface area contributed by atoms with Crippen LogP contribution in [0.25, 0.3) is 0 Å². The molecule has 0 aromatic heterocycles. The van der Waals surface area contributed by atoms with Crippen LogP contribution < -0.4 is 10.6 Å². The van der Waals surface area contributed by atoms with Gasteiger partial charge in [0.2, 0.25) is 12.3 Å². The maximum absolute atomic E-state index is 11.5. The second-order valence-corrected chi connectivity index (χ2v) is 5.92. The fourth-order valence-electron chi connectivity index (χ4n) is 2.29. The quantitative estimate of drug-likeness (QED) is 0.279. The number of ether oxygens (including phenoxy) is 2. The van der Waals surface area contributed by atoms with Crippen molar-refractivity contribution in [2.24, 2.45) is 0 Å². The predicted molar refractivity (Wildman–Crippen MR) is 95.9 cm³/mol. The Morgan fingerprint density at radius 1 is 0.833 bits per heavy atom. The van der Waals surface area contributed by atoms with Crippen LogP contribution in [0, 0.1) is 0 Å². The van der Waals surface area contributed by atoms with E-state index in [1.807, 2.05) is 0 Å². The highest BCUT2D eigenvalue weighted by Crippen LogP contribution is 2.09. The van der Waals surface area contributed by atoms with Gasteiger partial charge in [0.25, 0.3) is 0 Å². The second kappa shape index (κ2) is 19.9. The highest BCUT2D eigenvalue weighted by molar-refractivity contribution is 5.77. The SMILES string of the molecule is CCCCCCCCCCCNC(=O)COCCOCCNC=O. The van der Waals surface area contributed by atoms with E-state index in [4.69, 9.17) is 9.47 Å². The summed E-state index contributed by atoms with van der Waals surface area (Å²) in [4.78, 5) is 21.5. The van der Waals surface area contributed by atoms with Crippen molar-refractivity contribution in [2.45, 2.75) is 64.7 Å². The molecule has 0 aliphatic rings. The molecule has 142 valence electrons. The summed E-state index contributed by atoms with van der Waals surface area (Å²) in [7, 11) is 0. The van der Waals surface area contributed by atoms with Gasteiger partial charge in [-0.3, -0.25) is 9.59 Å². The molecule has 0 bridgehead atoms. The summed E-state index contributed by atoms with van der Waals surface area (Å²) in [5.74, 6) is -0.0720. The van der Waals surface area contributed by atoms with Crippen LogP contribution >= 0.6 is 0 Å². The van der Waals surface area contributed by atoms with Crippen molar-refractivity contribution in [3.05, 3.63) is 0 Å². The van der Waals surface area contributed by atoms with Crippen molar-refractivity contribution in [1.82, 2.24) is 10.6 Å². The van der Waals surface area contributed by atoms with E-state index < -0.39 is 0 Å². The van der Waals surface area contributed by atoms with Crippen molar-refractivity contribution in [3.8, 4) is 0 Å². The van der Waals surface area contributed by atoms with Crippen LogP contribution in [-0.4, -0.2) is 51.8 Å². The zero-order chi connectivity index (χ0) is 17.7. The molecule has 6 heteroatoms. The first-order valence-corrected chi connectivity index (χ1v) is 9.40. The smallest absolute Gasteiger partial charge is 0.245 e. The van der Waals surface area contributed by atoms with E-state index in [9.17, 15) is 9.59 Å². The number of nitrogens with one attached hydrogen (secondary N) is 2. The number of carbonyl (C=O) groups is 2. The molecule has 0 aliphatic heterocycles. The summed E-state index contributed by atoms with van der Waals surface area (Å²) >= 11 is 0. The molecular weight excluding hydrogens is 308 g/mol. The van der Waals surface area contributed by atoms with Gasteiger partial charge < -0.3 is 20.1 Å². The van der Waals surface area contributed by atoms with E-state index >= 15 is 0 Å². The summed E-state index contributed by atoms with van der Waals surface area (Å²) in [6.45, 7) is 4.79. The lowest BCUT2D eigenvalue weighted by Crippen LogP contribution is -2.29. The molecule has 0 unspecified atom stereocenters. The molecule has 0 heterocycles. The van der Waals surface area contributed by atoms with E-state index in [2.05, 4.69) is 17.6 Å². The third-order valence-electron chi connectivity index (χ3n) is 3.68. The van der Waals surface area contributed by atoms with Gasteiger partial charge in [0.15, 0.2) is 0 Å². The summed E-state index contributed by atoms with van der Waals surface area (Å²) in [6, 6.07) is 0. The molecule has 0 saturated heterocycles. The number of rotatable bonds is 19. The van der Waals surface area contributed by atoms with Gasteiger partial charge in [-0.05, 0) is 6.42 Å². The number of hydrogen-bond donors (Lipinski definition) is 2. The van der Waals surface area contributed by atoms with Crippen molar-refractivity contribution < 1.29 is 19.1 Å². The zero-order valence-electron chi connectivity index (χ0n) is 15.3. The summed E-state index contributed by atoms with van der Waals surface area (Å²) in [5.41, 5.74) is 0. The van der Waals surface area contributed by atoms with E-state index in [1.165, 1.54) is 51.4 Å². The number of carbonyl (C=O) groups excluding carboxylic acids is 2. The van der Waals surface area contributed by atoms with Crippen LogP contribution in [0.4, 0.5) is 0 Å². The Kier molecular flexibility index (Phi) is 19.0. The van der Waals surface area contributed by atoms with Gasteiger partial charge in [-0.2, -0.15) is 0 Å². The molecule has 2 N–H and O–H groups in total. The molecule has 0 spiro atoms. The van der Waals surface area contributed by atoms with Crippen molar-refractivity contribution in [1.29, 1.82) is 0 Å². The van der Waals surface area contributed by atoms with Crippen molar-refractivity contribution >= 4 is 12.3 Å². The molecule has 0 fully saturated rings. The molecule has 0 aromatic carbocycles. The maximum Gasteiger partial charge on any atom is 0.245 e. The molecule has 0 aromatic rings. The normalized spacial score (nSPS) is 10.5. The van der Waals surface area contributed by atoms with E-state index in [-0.39, 0.29) is 12.5 Å². The lowest BCUT2D eigenvalue weighted by Gasteiger charge is -2.07. The van der Waals surface area contributed by atoms with Gasteiger partial charge >= 0.3 is 0 Å². The van der Waals surface area contributed by atoms with Gasteiger partial charge in [-0.15, -0.1) is 0 Å². The van der Waals surface area contributed by atoms with Crippen LogP contribution in [0.1, 0.15) is 64.7 Å². The maximum atomic E-state index is 11.5. The minimum Gasteiger partial charge on any atom is -0.377 e. The first kappa shape index (κ1) is 22.9. The topological polar surface area (TPSA) is 76.7 Å². The number of hydrogen-bond acceptors (Lipinski definition) is 4. The number of amides is 2. The van der Waals surface area contributed by atoms with Crippen LogP contribution in [0.3, 0.4) is 0 Å². The van der Waals surface area contributed by atoms with Crippen LogP contribution in [0.2, 0.25) is 0 Å². The van der Waals surface area contributed by atoms with Crippen molar-refractivity contribution in [2.75, 3.05) is 39.5 Å². The third-order valence-corrected chi connectivity index (χ3v) is 3.68. The summed E-state index contributed by atoms with van der Waals surface area (Å²) in [5, 5.41) is 5.37. The molecule has 0 radical (unpaired) electrons. The standard InChI is InChI=1S/C18H36N2O4/c1-2-3-4-5-6-7-8-9-10-11-20-18(22)16-24-15-14-23-13-12-19-17-21/h17H,2-16H2,1H3,(H,19,21)(H,20,22). The molecule has 0 aliphatic carbocycles. The Bertz CT molecular complexity index is 288. The van der Waals surface area contributed by atoms with E-state index in [0.717, 1.165) is 13.0 Å². The molecule has 2 amide bonds. The van der Waals surface area contributed by atoms with Gasteiger partial charge in [-0.25, -0.2) is 0 Å².